The summed E-state index contributed by atoms with van der Waals surface area (Å²) in [5.41, 5.74) is 2.30. The molecule has 1 aromatic carbocycles. The molecular weight excluding hydrogens is 354 g/mol. The molecule has 0 aliphatic heterocycles. The summed E-state index contributed by atoms with van der Waals surface area (Å²) < 4.78 is 1.82. The number of aryl methyl sites for hydroxylation is 2. The number of nitrogens with one attached hydrogen (secondary N) is 2. The topological polar surface area (TPSA) is 97.6 Å². The number of nitrogens with zero attached hydrogens (tertiary/aromatic N) is 5. The Balaban J connectivity index is 1.73. The van der Waals surface area contributed by atoms with Crippen molar-refractivity contribution in [3.8, 4) is 11.4 Å². The Morgan fingerprint density at radius 1 is 1.21 bits per heavy atom. The minimum absolute atomic E-state index is 0.161. The number of carbonyl (C=O) groups is 1. The molecule has 0 aliphatic carbocycles. The number of benzene rings is 1. The molecule has 0 saturated carbocycles. The van der Waals surface area contributed by atoms with E-state index >= 15 is 0 Å². The Morgan fingerprint density at radius 3 is 2.64 bits per heavy atom. The van der Waals surface area contributed by atoms with Crippen LogP contribution in [-0.4, -0.2) is 37.7 Å². The molecule has 1 atom stereocenters. The number of anilines is 1. The molecule has 0 radical (unpaired) electrons. The van der Waals surface area contributed by atoms with E-state index in [2.05, 4.69) is 37.6 Å². The van der Waals surface area contributed by atoms with E-state index in [1.54, 1.807) is 12.1 Å². The number of rotatable bonds is 7. The molecule has 8 heteroatoms. The van der Waals surface area contributed by atoms with Gasteiger partial charge in [-0.05, 0) is 32.4 Å². The van der Waals surface area contributed by atoms with Gasteiger partial charge in [0.25, 0.3) is 5.91 Å². The Hall–Kier alpha value is -3.29. The first-order chi connectivity index (χ1) is 13.5. The Morgan fingerprint density at radius 2 is 1.96 bits per heavy atom. The zero-order valence-corrected chi connectivity index (χ0v) is 16.6. The third-order valence-electron chi connectivity index (χ3n) is 4.33. The minimum atomic E-state index is -0.237. The number of hydrogen-bond donors (Lipinski definition) is 2. The van der Waals surface area contributed by atoms with Gasteiger partial charge in [0.15, 0.2) is 5.82 Å². The number of hydrogen-bond acceptors (Lipinski definition) is 6. The predicted octanol–water partition coefficient (Wildman–Crippen LogP) is 2.99. The molecule has 8 nitrogen and oxygen atoms in total. The summed E-state index contributed by atoms with van der Waals surface area (Å²) in [5.74, 6) is 1.97. The average molecular weight is 379 g/mol. The van der Waals surface area contributed by atoms with Crippen molar-refractivity contribution in [2.75, 3.05) is 12.4 Å². The molecular formula is C20H25N7O. The second-order valence-corrected chi connectivity index (χ2v) is 6.58. The van der Waals surface area contributed by atoms with Crippen molar-refractivity contribution in [2.45, 2.75) is 39.8 Å². The molecule has 0 aliphatic rings. The molecule has 0 spiro atoms. The molecule has 146 valence electrons. The van der Waals surface area contributed by atoms with Crippen LogP contribution in [0.2, 0.25) is 0 Å². The molecule has 0 saturated heterocycles. The van der Waals surface area contributed by atoms with E-state index in [0.717, 1.165) is 35.9 Å². The molecule has 2 N–H and O–H groups in total. The summed E-state index contributed by atoms with van der Waals surface area (Å²) in [4.78, 5) is 25.8. The second kappa shape index (κ2) is 8.60. The molecule has 0 fully saturated rings. The van der Waals surface area contributed by atoms with E-state index in [-0.39, 0.29) is 11.9 Å². The molecule has 3 aromatic rings. The molecule has 2 heterocycles. The first kappa shape index (κ1) is 19.5. The van der Waals surface area contributed by atoms with Crippen LogP contribution < -0.4 is 10.6 Å². The summed E-state index contributed by atoms with van der Waals surface area (Å²) in [6, 6.07) is 8.90. The van der Waals surface area contributed by atoms with Gasteiger partial charge >= 0.3 is 0 Å². The standard InChI is InChI=1S/C20H25N7O/c1-5-10-27-19(22-12-23-27)14(3)25-20(28)16-8-6-15(7-9-16)18-24-13(2)11-17(21-4)26-18/h6-9,11-12,14H,5,10H2,1-4H3,(H,25,28)(H,21,24,26)/t14-/m0/s1. The molecule has 2 aromatic heterocycles. The second-order valence-electron chi connectivity index (χ2n) is 6.58. The van der Waals surface area contributed by atoms with Gasteiger partial charge in [0, 0.05) is 36.5 Å². The lowest BCUT2D eigenvalue weighted by Crippen LogP contribution is -2.29. The zero-order chi connectivity index (χ0) is 20.1. The van der Waals surface area contributed by atoms with Crippen molar-refractivity contribution >= 4 is 11.7 Å². The Labute approximate surface area is 164 Å². The van der Waals surface area contributed by atoms with Gasteiger partial charge in [-0.2, -0.15) is 5.10 Å². The number of carbonyl (C=O) groups excluding carboxylic acids is 1. The van der Waals surface area contributed by atoms with Crippen LogP contribution in [0.1, 0.15) is 48.2 Å². The summed E-state index contributed by atoms with van der Waals surface area (Å²) in [6.07, 6.45) is 2.47. The molecule has 3 rings (SSSR count). The highest BCUT2D eigenvalue weighted by Crippen LogP contribution is 2.19. The normalized spacial score (nSPS) is 11.9. The third-order valence-corrected chi connectivity index (χ3v) is 4.33. The van der Waals surface area contributed by atoms with Gasteiger partial charge in [-0.1, -0.05) is 19.1 Å². The summed E-state index contributed by atoms with van der Waals surface area (Å²) >= 11 is 0. The first-order valence-electron chi connectivity index (χ1n) is 9.34. The van der Waals surface area contributed by atoms with E-state index in [1.165, 1.54) is 6.33 Å². The van der Waals surface area contributed by atoms with Crippen molar-refractivity contribution in [1.29, 1.82) is 0 Å². The highest BCUT2D eigenvalue weighted by molar-refractivity contribution is 5.94. The van der Waals surface area contributed by atoms with Crippen molar-refractivity contribution < 1.29 is 4.79 Å². The monoisotopic (exact) mass is 379 g/mol. The maximum Gasteiger partial charge on any atom is 0.251 e. The fraction of sp³-hybridized carbons (Fsp3) is 0.350. The van der Waals surface area contributed by atoms with E-state index in [9.17, 15) is 4.79 Å². The van der Waals surface area contributed by atoms with E-state index in [1.807, 2.05) is 43.8 Å². The molecule has 28 heavy (non-hydrogen) atoms. The highest BCUT2D eigenvalue weighted by atomic mass is 16.1. The fourth-order valence-electron chi connectivity index (χ4n) is 2.93. The van der Waals surface area contributed by atoms with E-state index in [0.29, 0.717) is 11.4 Å². The van der Waals surface area contributed by atoms with Crippen molar-refractivity contribution in [2.24, 2.45) is 0 Å². The Bertz CT molecular complexity index is 949. The van der Waals surface area contributed by atoms with Crippen LogP contribution in [0.15, 0.2) is 36.7 Å². The zero-order valence-electron chi connectivity index (χ0n) is 16.6. The smallest absolute Gasteiger partial charge is 0.251 e. The van der Waals surface area contributed by atoms with E-state index in [4.69, 9.17) is 0 Å². The van der Waals surface area contributed by atoms with Crippen LogP contribution in [0.5, 0.6) is 0 Å². The first-order valence-corrected chi connectivity index (χ1v) is 9.34. The molecule has 1 amide bonds. The van der Waals surface area contributed by atoms with Crippen LogP contribution in [-0.2, 0) is 6.54 Å². The predicted molar refractivity (Wildman–Crippen MR) is 108 cm³/mol. The summed E-state index contributed by atoms with van der Waals surface area (Å²) in [6.45, 7) is 6.68. The fourth-order valence-corrected chi connectivity index (χ4v) is 2.93. The van der Waals surface area contributed by atoms with Crippen molar-refractivity contribution in [3.05, 3.63) is 53.7 Å². The summed E-state index contributed by atoms with van der Waals surface area (Å²) in [7, 11) is 1.82. The number of amides is 1. The van der Waals surface area contributed by atoms with Gasteiger partial charge in [-0.25, -0.2) is 19.6 Å². The third kappa shape index (κ3) is 4.33. The minimum Gasteiger partial charge on any atom is -0.373 e. The van der Waals surface area contributed by atoms with Gasteiger partial charge in [0.1, 0.15) is 18.0 Å². The van der Waals surface area contributed by atoms with Gasteiger partial charge in [-0.15, -0.1) is 0 Å². The number of aromatic nitrogens is 5. The Kier molecular flexibility index (Phi) is 5.98. The van der Waals surface area contributed by atoms with Crippen LogP contribution >= 0.6 is 0 Å². The van der Waals surface area contributed by atoms with E-state index < -0.39 is 0 Å². The SMILES string of the molecule is CCCn1ncnc1[C@H](C)NC(=O)c1ccc(-c2nc(C)cc(NC)n2)cc1. The van der Waals surface area contributed by atoms with Gasteiger partial charge in [0.2, 0.25) is 0 Å². The van der Waals surface area contributed by atoms with Crippen molar-refractivity contribution in [1.82, 2.24) is 30.0 Å². The van der Waals surface area contributed by atoms with Crippen LogP contribution in [0.4, 0.5) is 5.82 Å². The lowest BCUT2D eigenvalue weighted by atomic mass is 10.1. The summed E-state index contributed by atoms with van der Waals surface area (Å²) in [5, 5.41) is 10.2. The maximum atomic E-state index is 12.6. The maximum absolute atomic E-state index is 12.6. The van der Waals surface area contributed by atoms with Crippen molar-refractivity contribution in [3.63, 3.8) is 0 Å². The van der Waals surface area contributed by atoms with Crippen LogP contribution in [0.25, 0.3) is 11.4 Å². The lowest BCUT2D eigenvalue weighted by molar-refractivity contribution is 0.0937. The quantitative estimate of drug-likeness (QED) is 0.655. The van der Waals surface area contributed by atoms with Gasteiger partial charge in [-0.3, -0.25) is 4.79 Å². The lowest BCUT2D eigenvalue weighted by Gasteiger charge is -2.14. The van der Waals surface area contributed by atoms with Crippen LogP contribution in [0.3, 0.4) is 0 Å². The van der Waals surface area contributed by atoms with Gasteiger partial charge in [0.05, 0.1) is 6.04 Å². The van der Waals surface area contributed by atoms with Crippen LogP contribution in [0, 0.1) is 6.92 Å². The molecule has 0 bridgehead atoms. The average Bonchev–Trinajstić information content (AvgIpc) is 3.16. The van der Waals surface area contributed by atoms with Gasteiger partial charge < -0.3 is 10.6 Å². The largest absolute Gasteiger partial charge is 0.373 e. The highest BCUT2D eigenvalue weighted by Gasteiger charge is 2.16. The molecule has 0 unspecified atom stereocenters.